The summed E-state index contributed by atoms with van der Waals surface area (Å²) in [5.74, 6) is -0.574. The van der Waals surface area contributed by atoms with E-state index in [0.717, 1.165) is 12.8 Å². The summed E-state index contributed by atoms with van der Waals surface area (Å²) in [6.45, 7) is 1.39. The maximum Gasteiger partial charge on any atom is 0.311 e. The first-order valence-corrected chi connectivity index (χ1v) is 6.10. The Bertz CT molecular complexity index is 330. The zero-order valence-electron chi connectivity index (χ0n) is 10.1. The van der Waals surface area contributed by atoms with Gasteiger partial charge in [-0.25, -0.2) is 0 Å². The zero-order valence-corrected chi connectivity index (χ0v) is 10.1. The minimum Gasteiger partial charge on any atom is -0.481 e. The molecule has 0 aromatic rings. The number of fused-ring (bicyclic) bond motifs is 1. The number of nitrogens with zero attached hydrogens (tertiary/aromatic N) is 1. The van der Waals surface area contributed by atoms with Crippen LogP contribution in [0.4, 0.5) is 0 Å². The van der Waals surface area contributed by atoms with Crippen molar-refractivity contribution in [2.75, 3.05) is 26.8 Å². The molecule has 1 heterocycles. The van der Waals surface area contributed by atoms with Gasteiger partial charge in [0.25, 0.3) is 0 Å². The van der Waals surface area contributed by atoms with Crippen LogP contribution < -0.4 is 0 Å². The van der Waals surface area contributed by atoms with Gasteiger partial charge >= 0.3 is 5.97 Å². The van der Waals surface area contributed by atoms with Gasteiger partial charge in [-0.3, -0.25) is 9.59 Å². The Hall–Kier alpha value is -1.10. The predicted molar refractivity (Wildman–Crippen MR) is 60.5 cm³/mol. The van der Waals surface area contributed by atoms with E-state index in [9.17, 15) is 14.7 Å². The molecule has 2 fully saturated rings. The zero-order chi connectivity index (χ0) is 12.5. The van der Waals surface area contributed by atoms with Gasteiger partial charge in [0.15, 0.2) is 0 Å². The standard InChI is InChI=1S/C12H19NO4/c1-17-6-4-10(14)13-7-9-3-2-5-12(9,8-13)11(15)16/h9H,2-8H2,1H3,(H,15,16)/t9-,12+/m0/s1. The molecule has 1 aliphatic heterocycles. The number of amides is 1. The minimum atomic E-state index is -0.734. The van der Waals surface area contributed by atoms with E-state index in [1.807, 2.05) is 0 Å². The molecule has 1 N–H and O–H groups in total. The van der Waals surface area contributed by atoms with E-state index >= 15 is 0 Å². The van der Waals surface area contributed by atoms with Crippen LogP contribution >= 0.6 is 0 Å². The molecule has 0 bridgehead atoms. The molecular weight excluding hydrogens is 222 g/mol. The lowest BCUT2D eigenvalue weighted by Gasteiger charge is -2.23. The van der Waals surface area contributed by atoms with Gasteiger partial charge in [0.05, 0.1) is 18.4 Å². The summed E-state index contributed by atoms with van der Waals surface area (Å²) in [4.78, 5) is 25.0. The van der Waals surface area contributed by atoms with Crippen LogP contribution in [-0.2, 0) is 14.3 Å². The summed E-state index contributed by atoms with van der Waals surface area (Å²) < 4.78 is 4.87. The molecule has 2 aliphatic rings. The number of hydrogen-bond donors (Lipinski definition) is 1. The van der Waals surface area contributed by atoms with Gasteiger partial charge in [-0.15, -0.1) is 0 Å². The molecule has 0 unspecified atom stereocenters. The van der Waals surface area contributed by atoms with E-state index in [-0.39, 0.29) is 11.8 Å². The van der Waals surface area contributed by atoms with Crippen LogP contribution in [0.25, 0.3) is 0 Å². The van der Waals surface area contributed by atoms with Gasteiger partial charge in [0.2, 0.25) is 5.91 Å². The second-order valence-corrected chi connectivity index (χ2v) is 5.07. The Morgan fingerprint density at radius 3 is 2.88 bits per heavy atom. The highest BCUT2D eigenvalue weighted by molar-refractivity contribution is 5.81. The molecule has 0 aromatic heterocycles. The summed E-state index contributed by atoms with van der Waals surface area (Å²) in [6.07, 6.45) is 2.96. The van der Waals surface area contributed by atoms with Gasteiger partial charge in [-0.1, -0.05) is 6.42 Å². The topological polar surface area (TPSA) is 66.8 Å². The minimum absolute atomic E-state index is 0.0156. The van der Waals surface area contributed by atoms with Crippen LogP contribution in [0.5, 0.6) is 0 Å². The van der Waals surface area contributed by atoms with Crippen molar-refractivity contribution in [3.8, 4) is 0 Å². The van der Waals surface area contributed by atoms with E-state index in [1.165, 1.54) is 0 Å². The fourth-order valence-corrected chi connectivity index (χ4v) is 3.18. The summed E-state index contributed by atoms with van der Waals surface area (Å²) in [7, 11) is 1.56. The highest BCUT2D eigenvalue weighted by Gasteiger charge is 2.55. The van der Waals surface area contributed by atoms with E-state index in [2.05, 4.69) is 0 Å². The monoisotopic (exact) mass is 241 g/mol. The van der Waals surface area contributed by atoms with Gasteiger partial charge in [-0.05, 0) is 18.8 Å². The van der Waals surface area contributed by atoms with Crippen LogP contribution in [0, 0.1) is 11.3 Å². The van der Waals surface area contributed by atoms with Gasteiger partial charge in [0.1, 0.15) is 0 Å². The molecule has 5 heteroatoms. The Morgan fingerprint density at radius 1 is 1.53 bits per heavy atom. The van der Waals surface area contributed by atoms with Crippen LogP contribution in [0.1, 0.15) is 25.7 Å². The first-order chi connectivity index (χ1) is 8.10. The molecule has 0 aromatic carbocycles. The fourth-order valence-electron chi connectivity index (χ4n) is 3.18. The lowest BCUT2D eigenvalue weighted by atomic mass is 9.81. The fraction of sp³-hybridized carbons (Fsp3) is 0.833. The molecule has 5 nitrogen and oxygen atoms in total. The smallest absolute Gasteiger partial charge is 0.311 e. The van der Waals surface area contributed by atoms with E-state index in [4.69, 9.17) is 4.74 Å². The predicted octanol–water partition coefficient (Wildman–Crippen LogP) is 0.736. The third-order valence-electron chi connectivity index (χ3n) is 4.17. The van der Waals surface area contributed by atoms with Crippen LogP contribution in [-0.4, -0.2) is 48.7 Å². The molecule has 1 aliphatic carbocycles. The van der Waals surface area contributed by atoms with Crippen molar-refractivity contribution in [1.82, 2.24) is 4.90 Å². The van der Waals surface area contributed by atoms with E-state index in [0.29, 0.717) is 32.5 Å². The third-order valence-corrected chi connectivity index (χ3v) is 4.17. The lowest BCUT2D eigenvalue weighted by Crippen LogP contribution is -2.37. The number of methoxy groups -OCH3 is 1. The number of likely N-dealkylation sites (tertiary alicyclic amines) is 1. The lowest BCUT2D eigenvalue weighted by molar-refractivity contribution is -0.149. The molecule has 0 spiro atoms. The molecular formula is C12H19NO4. The number of aliphatic carboxylic acids is 1. The quantitative estimate of drug-likeness (QED) is 0.788. The highest BCUT2D eigenvalue weighted by Crippen LogP contribution is 2.48. The Kier molecular flexibility index (Phi) is 3.38. The molecule has 2 rings (SSSR count). The van der Waals surface area contributed by atoms with Crippen molar-refractivity contribution in [2.45, 2.75) is 25.7 Å². The third kappa shape index (κ3) is 2.04. The number of carboxylic acids is 1. The van der Waals surface area contributed by atoms with Crippen molar-refractivity contribution < 1.29 is 19.4 Å². The van der Waals surface area contributed by atoms with E-state index < -0.39 is 11.4 Å². The molecule has 1 amide bonds. The molecule has 1 saturated heterocycles. The van der Waals surface area contributed by atoms with Crippen LogP contribution in [0.3, 0.4) is 0 Å². The molecule has 1 saturated carbocycles. The van der Waals surface area contributed by atoms with Crippen molar-refractivity contribution in [3.05, 3.63) is 0 Å². The molecule has 2 atom stereocenters. The number of carbonyl (C=O) groups is 2. The Balaban J connectivity index is 2.02. The average molecular weight is 241 g/mol. The highest BCUT2D eigenvalue weighted by atomic mass is 16.5. The van der Waals surface area contributed by atoms with Crippen molar-refractivity contribution in [3.63, 3.8) is 0 Å². The number of hydrogen-bond acceptors (Lipinski definition) is 3. The van der Waals surface area contributed by atoms with Crippen LogP contribution in [0.2, 0.25) is 0 Å². The number of rotatable bonds is 4. The normalized spacial score (nSPS) is 31.6. The summed E-state index contributed by atoms with van der Waals surface area (Å²) in [5, 5.41) is 9.39. The average Bonchev–Trinajstić information content (AvgIpc) is 2.82. The van der Waals surface area contributed by atoms with Gasteiger partial charge in [0, 0.05) is 20.2 Å². The number of carboxylic acid groups (broad SMARTS) is 1. The first kappa shape index (κ1) is 12.4. The molecule has 17 heavy (non-hydrogen) atoms. The second-order valence-electron chi connectivity index (χ2n) is 5.07. The van der Waals surface area contributed by atoms with Crippen molar-refractivity contribution in [2.24, 2.45) is 11.3 Å². The van der Waals surface area contributed by atoms with Crippen molar-refractivity contribution >= 4 is 11.9 Å². The number of ether oxygens (including phenoxy) is 1. The maximum atomic E-state index is 11.9. The summed E-state index contributed by atoms with van der Waals surface area (Å²) in [5.41, 5.74) is -0.664. The van der Waals surface area contributed by atoms with Gasteiger partial charge in [-0.2, -0.15) is 0 Å². The summed E-state index contributed by atoms with van der Waals surface area (Å²) in [6, 6.07) is 0. The van der Waals surface area contributed by atoms with Crippen molar-refractivity contribution in [1.29, 1.82) is 0 Å². The molecule has 0 radical (unpaired) electrons. The number of carbonyl (C=O) groups excluding carboxylic acids is 1. The van der Waals surface area contributed by atoms with E-state index in [1.54, 1.807) is 12.0 Å². The molecule has 96 valence electrons. The SMILES string of the molecule is COCCC(=O)N1C[C@@H]2CCC[C@@]2(C(=O)O)C1. The second kappa shape index (κ2) is 4.64. The first-order valence-electron chi connectivity index (χ1n) is 6.10. The maximum absolute atomic E-state index is 11.9. The van der Waals surface area contributed by atoms with Gasteiger partial charge < -0.3 is 14.7 Å². The summed E-state index contributed by atoms with van der Waals surface area (Å²) >= 11 is 0. The Labute approximate surface area is 101 Å². The largest absolute Gasteiger partial charge is 0.481 e. The Morgan fingerprint density at radius 2 is 2.29 bits per heavy atom. The van der Waals surface area contributed by atoms with Crippen LogP contribution in [0.15, 0.2) is 0 Å².